The number of halogens is 1. The van der Waals surface area contributed by atoms with Crippen molar-refractivity contribution in [2.75, 3.05) is 32.2 Å². The van der Waals surface area contributed by atoms with E-state index < -0.39 is 11.7 Å². The Morgan fingerprint density at radius 1 is 1.10 bits per heavy atom. The molecular weight excluding hydrogens is 527 g/mol. The first kappa shape index (κ1) is 28.2. The van der Waals surface area contributed by atoms with E-state index in [0.29, 0.717) is 47.5 Å². The van der Waals surface area contributed by atoms with Crippen molar-refractivity contribution in [2.45, 2.75) is 33.1 Å². The lowest BCUT2D eigenvalue weighted by Gasteiger charge is -2.35. The number of imidazole rings is 1. The van der Waals surface area contributed by atoms with Crippen LogP contribution in [0.3, 0.4) is 0 Å². The number of aromatic amines is 1. The van der Waals surface area contributed by atoms with Crippen LogP contribution in [-0.4, -0.2) is 52.7 Å². The first-order valence-corrected chi connectivity index (χ1v) is 13.5. The van der Waals surface area contributed by atoms with Gasteiger partial charge in [-0.1, -0.05) is 19.1 Å². The highest BCUT2D eigenvalue weighted by Gasteiger charge is 2.40. The molecule has 5 rings (SSSR count). The number of ether oxygens (including phenoxy) is 3. The molecule has 1 aliphatic rings. The molecule has 11 heteroatoms. The summed E-state index contributed by atoms with van der Waals surface area (Å²) in [5.41, 5.74) is 2.66. The number of nitrogens with zero attached hydrogens (tertiary/aromatic N) is 3. The number of carbonyl (C=O) groups excluding carboxylic acids is 1. The molecule has 10 nitrogen and oxygen atoms in total. The SMILES string of the molecule is CCCNC(=O)C1(C)COC(c2nc(-c3ccc(F)cc3)c(-c3ccnc(NCc4ccc(OC)cc4)n3)[nH]2)OC1. The number of nitrogens with one attached hydrogen (secondary N) is 3. The molecule has 0 spiro atoms. The predicted octanol–water partition coefficient (Wildman–Crippen LogP) is 4.87. The highest BCUT2D eigenvalue weighted by Crippen LogP contribution is 2.35. The van der Waals surface area contributed by atoms with E-state index in [1.807, 2.05) is 38.1 Å². The van der Waals surface area contributed by atoms with E-state index in [9.17, 15) is 9.18 Å². The Morgan fingerprint density at radius 3 is 2.51 bits per heavy atom. The maximum atomic E-state index is 13.7. The quantitative estimate of drug-likeness (QED) is 0.251. The first-order chi connectivity index (χ1) is 19.9. The van der Waals surface area contributed by atoms with Crippen molar-refractivity contribution in [1.29, 1.82) is 0 Å². The van der Waals surface area contributed by atoms with Crippen molar-refractivity contribution in [3.8, 4) is 28.4 Å². The lowest BCUT2D eigenvalue weighted by Crippen LogP contribution is -2.48. The summed E-state index contributed by atoms with van der Waals surface area (Å²) in [5.74, 6) is 1.17. The predicted molar refractivity (Wildman–Crippen MR) is 151 cm³/mol. The first-order valence-electron chi connectivity index (χ1n) is 13.5. The number of rotatable bonds is 10. The molecule has 1 amide bonds. The number of amides is 1. The summed E-state index contributed by atoms with van der Waals surface area (Å²) in [6.07, 6.45) is 1.68. The van der Waals surface area contributed by atoms with Crippen LogP contribution >= 0.6 is 0 Å². The molecule has 2 aromatic heterocycles. The van der Waals surface area contributed by atoms with Gasteiger partial charge < -0.3 is 29.8 Å². The number of aromatic nitrogens is 4. The second-order valence-electron chi connectivity index (χ2n) is 10.1. The Morgan fingerprint density at radius 2 is 1.83 bits per heavy atom. The minimum atomic E-state index is -0.815. The second kappa shape index (κ2) is 12.4. The topological polar surface area (TPSA) is 123 Å². The molecular formula is C30H33FN6O4. The minimum Gasteiger partial charge on any atom is -0.497 e. The number of H-pyrrole nitrogens is 1. The Hall–Kier alpha value is -4.35. The van der Waals surface area contributed by atoms with Crippen molar-refractivity contribution in [3.63, 3.8) is 0 Å². The molecule has 3 N–H and O–H groups in total. The molecule has 2 aromatic carbocycles. The third-order valence-electron chi connectivity index (χ3n) is 6.77. The van der Waals surface area contributed by atoms with Gasteiger partial charge in [0.1, 0.15) is 11.6 Å². The van der Waals surface area contributed by atoms with Crippen LogP contribution in [0, 0.1) is 11.2 Å². The third-order valence-corrected chi connectivity index (χ3v) is 6.77. The van der Waals surface area contributed by atoms with Gasteiger partial charge in [0.15, 0.2) is 5.82 Å². The summed E-state index contributed by atoms with van der Waals surface area (Å²) in [7, 11) is 1.63. The van der Waals surface area contributed by atoms with Gasteiger partial charge in [-0.15, -0.1) is 0 Å². The number of hydrogen-bond donors (Lipinski definition) is 3. The average Bonchev–Trinajstić information content (AvgIpc) is 3.45. The Balaban J connectivity index is 1.39. The summed E-state index contributed by atoms with van der Waals surface area (Å²) >= 11 is 0. The maximum Gasteiger partial charge on any atom is 0.230 e. The highest BCUT2D eigenvalue weighted by atomic mass is 19.1. The third kappa shape index (κ3) is 6.53. The summed E-state index contributed by atoms with van der Waals surface area (Å²) in [6.45, 7) is 5.26. The highest BCUT2D eigenvalue weighted by molar-refractivity contribution is 5.82. The van der Waals surface area contributed by atoms with E-state index in [2.05, 4.69) is 20.6 Å². The van der Waals surface area contributed by atoms with E-state index in [1.54, 1.807) is 31.5 Å². The smallest absolute Gasteiger partial charge is 0.230 e. The minimum absolute atomic E-state index is 0.111. The molecule has 0 unspecified atom stereocenters. The molecule has 0 radical (unpaired) electrons. The van der Waals surface area contributed by atoms with Gasteiger partial charge >= 0.3 is 0 Å². The van der Waals surface area contributed by atoms with Gasteiger partial charge in [0.25, 0.3) is 0 Å². The van der Waals surface area contributed by atoms with Gasteiger partial charge in [0.2, 0.25) is 18.1 Å². The molecule has 1 saturated heterocycles. The fourth-order valence-electron chi connectivity index (χ4n) is 4.36. The maximum absolute atomic E-state index is 13.7. The number of anilines is 1. The Bertz CT molecular complexity index is 1470. The summed E-state index contributed by atoms with van der Waals surface area (Å²) in [6, 6.07) is 15.5. The van der Waals surface area contributed by atoms with Gasteiger partial charge in [-0.05, 0) is 61.4 Å². The Kier molecular flexibility index (Phi) is 8.55. The normalized spacial score (nSPS) is 18.6. The van der Waals surface area contributed by atoms with Crippen LogP contribution in [-0.2, 0) is 20.8 Å². The van der Waals surface area contributed by atoms with Crippen molar-refractivity contribution in [2.24, 2.45) is 5.41 Å². The van der Waals surface area contributed by atoms with Crippen molar-refractivity contribution < 1.29 is 23.4 Å². The van der Waals surface area contributed by atoms with Crippen LogP contribution in [0.15, 0.2) is 60.8 Å². The van der Waals surface area contributed by atoms with E-state index >= 15 is 0 Å². The number of carbonyl (C=O) groups is 1. The van der Waals surface area contributed by atoms with Crippen LogP contribution in [0.25, 0.3) is 22.6 Å². The monoisotopic (exact) mass is 560 g/mol. The molecule has 3 heterocycles. The van der Waals surface area contributed by atoms with Gasteiger partial charge in [0, 0.05) is 24.8 Å². The van der Waals surface area contributed by atoms with Crippen LogP contribution < -0.4 is 15.4 Å². The fraction of sp³-hybridized carbons (Fsp3) is 0.333. The zero-order chi connectivity index (χ0) is 28.8. The standard InChI is InChI=1S/C30H33FN6O4/c1-4-14-32-28(38)30(2)17-40-27(41-18-30)26-36-24(20-7-9-21(31)10-8-20)25(37-26)23-13-15-33-29(35-23)34-16-19-5-11-22(39-3)12-6-19/h5-13,15,27H,4,14,16-18H2,1-3H3,(H,32,38)(H,36,37)(H,33,34,35). The molecule has 0 atom stereocenters. The van der Waals surface area contributed by atoms with Crippen LogP contribution in [0.2, 0.25) is 0 Å². The number of benzene rings is 2. The van der Waals surface area contributed by atoms with Crippen LogP contribution in [0.5, 0.6) is 5.75 Å². The molecule has 214 valence electrons. The van der Waals surface area contributed by atoms with Gasteiger partial charge in [0.05, 0.1) is 42.8 Å². The number of methoxy groups -OCH3 is 1. The summed E-state index contributed by atoms with van der Waals surface area (Å²) in [4.78, 5) is 29.8. The Labute approximate surface area is 237 Å². The van der Waals surface area contributed by atoms with E-state index in [4.69, 9.17) is 24.2 Å². The van der Waals surface area contributed by atoms with Gasteiger partial charge in [-0.2, -0.15) is 0 Å². The van der Waals surface area contributed by atoms with Crippen molar-refractivity contribution in [3.05, 3.63) is 78.0 Å². The molecule has 1 fully saturated rings. The zero-order valence-corrected chi connectivity index (χ0v) is 23.2. The largest absolute Gasteiger partial charge is 0.497 e. The lowest BCUT2D eigenvalue weighted by molar-refractivity contribution is -0.231. The van der Waals surface area contributed by atoms with Crippen molar-refractivity contribution >= 4 is 11.9 Å². The number of hydrogen-bond acceptors (Lipinski definition) is 8. The molecule has 0 saturated carbocycles. The zero-order valence-electron chi connectivity index (χ0n) is 23.2. The molecule has 0 bridgehead atoms. The van der Waals surface area contributed by atoms with Gasteiger partial charge in [-0.3, -0.25) is 4.79 Å². The molecule has 4 aromatic rings. The average molecular weight is 561 g/mol. The van der Waals surface area contributed by atoms with E-state index in [0.717, 1.165) is 17.7 Å². The molecule has 1 aliphatic heterocycles. The molecule has 0 aliphatic carbocycles. The molecule has 41 heavy (non-hydrogen) atoms. The van der Waals surface area contributed by atoms with Crippen LogP contribution in [0.4, 0.5) is 10.3 Å². The second-order valence-corrected chi connectivity index (χ2v) is 10.1. The van der Waals surface area contributed by atoms with Gasteiger partial charge in [-0.25, -0.2) is 19.3 Å². The lowest BCUT2D eigenvalue weighted by atomic mass is 9.91. The van der Waals surface area contributed by atoms with Crippen molar-refractivity contribution in [1.82, 2.24) is 25.3 Å². The van der Waals surface area contributed by atoms with Crippen LogP contribution in [0.1, 0.15) is 37.9 Å². The van der Waals surface area contributed by atoms with E-state index in [-0.39, 0.29) is 24.9 Å². The summed E-state index contributed by atoms with van der Waals surface area (Å²) in [5, 5.41) is 6.16. The summed E-state index contributed by atoms with van der Waals surface area (Å²) < 4.78 is 30.9. The fourth-order valence-corrected chi connectivity index (χ4v) is 4.36. The van der Waals surface area contributed by atoms with E-state index in [1.165, 1.54) is 12.1 Å².